The van der Waals surface area contributed by atoms with E-state index in [9.17, 15) is 9.59 Å². The van der Waals surface area contributed by atoms with Gasteiger partial charge in [0.25, 0.3) is 0 Å². The molecule has 0 amide bonds. The van der Waals surface area contributed by atoms with E-state index < -0.39 is 5.97 Å². The molecule has 0 N–H and O–H groups in total. The molecule has 3 aromatic rings. The van der Waals surface area contributed by atoms with Gasteiger partial charge in [-0.25, -0.2) is 4.98 Å². The van der Waals surface area contributed by atoms with Gasteiger partial charge in [0.1, 0.15) is 5.69 Å². The molecule has 0 radical (unpaired) electrons. The highest BCUT2D eigenvalue weighted by Gasteiger charge is 2.21. The van der Waals surface area contributed by atoms with Gasteiger partial charge in [0, 0.05) is 10.9 Å². The van der Waals surface area contributed by atoms with Gasteiger partial charge in [-0.15, -0.1) is 11.3 Å². The second-order valence-corrected chi connectivity index (χ2v) is 6.19. The number of esters is 1. The van der Waals surface area contributed by atoms with E-state index in [1.54, 1.807) is 11.3 Å². The molecule has 0 atom stereocenters. The smallest absolute Gasteiger partial charge is 0.311 e. The quantitative estimate of drug-likeness (QED) is 0.515. The maximum absolute atomic E-state index is 11.7. The Bertz CT molecular complexity index is 975. The predicted octanol–water partition coefficient (Wildman–Crippen LogP) is 2.71. The van der Waals surface area contributed by atoms with Crippen molar-refractivity contribution in [2.75, 3.05) is 13.4 Å². The van der Waals surface area contributed by atoms with Crippen LogP contribution in [-0.2, 0) is 16.0 Å². The summed E-state index contributed by atoms with van der Waals surface area (Å²) in [7, 11) is 0. The fourth-order valence-electron chi connectivity index (χ4n) is 2.78. The Hall–Kier alpha value is -2.87. The number of imidazole rings is 1. The van der Waals surface area contributed by atoms with Gasteiger partial charge in [0.2, 0.25) is 6.79 Å². The maximum Gasteiger partial charge on any atom is 0.311 e. The van der Waals surface area contributed by atoms with Gasteiger partial charge in [0.05, 0.1) is 24.4 Å². The minimum Gasteiger partial charge on any atom is -0.466 e. The van der Waals surface area contributed by atoms with Gasteiger partial charge in [0.15, 0.2) is 22.7 Å². The normalized spacial score (nSPS) is 12.5. The summed E-state index contributed by atoms with van der Waals surface area (Å²) in [5.41, 5.74) is 2.46. The van der Waals surface area contributed by atoms with E-state index in [2.05, 4.69) is 4.98 Å². The van der Waals surface area contributed by atoms with Crippen molar-refractivity contribution in [1.82, 2.24) is 9.38 Å². The minimum absolute atomic E-state index is 0.0309. The highest BCUT2D eigenvalue weighted by Crippen LogP contribution is 2.37. The number of aromatic nitrogens is 2. The van der Waals surface area contributed by atoms with Gasteiger partial charge in [-0.2, -0.15) is 0 Å². The van der Waals surface area contributed by atoms with E-state index in [0.29, 0.717) is 34.5 Å². The average Bonchev–Trinajstić information content (AvgIpc) is 3.28. The molecule has 0 spiro atoms. The van der Waals surface area contributed by atoms with Gasteiger partial charge in [-0.1, -0.05) is 0 Å². The van der Waals surface area contributed by atoms with E-state index >= 15 is 0 Å². The lowest BCUT2D eigenvalue weighted by molar-refractivity contribution is -0.142. The van der Waals surface area contributed by atoms with Gasteiger partial charge in [-0.3, -0.25) is 14.0 Å². The summed E-state index contributed by atoms with van der Waals surface area (Å²) >= 11 is 1.40. The molecule has 0 unspecified atom stereocenters. The first-order chi connectivity index (χ1) is 12.2. The van der Waals surface area contributed by atoms with E-state index in [-0.39, 0.29) is 13.2 Å². The molecule has 0 aliphatic carbocycles. The molecule has 2 aromatic heterocycles. The third kappa shape index (κ3) is 2.64. The number of rotatable bonds is 5. The largest absolute Gasteiger partial charge is 0.466 e. The van der Waals surface area contributed by atoms with Crippen LogP contribution in [0.3, 0.4) is 0 Å². The Morgan fingerprint density at radius 3 is 3.04 bits per heavy atom. The zero-order valence-electron chi connectivity index (χ0n) is 13.4. The predicted molar refractivity (Wildman–Crippen MR) is 90.4 cm³/mol. The third-order valence-corrected chi connectivity index (χ3v) is 4.70. The van der Waals surface area contributed by atoms with Crippen LogP contribution in [0.25, 0.3) is 16.2 Å². The van der Waals surface area contributed by atoms with E-state index in [1.807, 2.05) is 23.6 Å². The van der Waals surface area contributed by atoms with Crippen molar-refractivity contribution < 1.29 is 23.8 Å². The highest BCUT2D eigenvalue weighted by atomic mass is 32.1. The Balaban J connectivity index is 1.79. The first kappa shape index (κ1) is 15.6. The van der Waals surface area contributed by atoms with Crippen LogP contribution in [0.4, 0.5) is 0 Å². The molecule has 1 aliphatic rings. The Morgan fingerprint density at radius 1 is 1.40 bits per heavy atom. The van der Waals surface area contributed by atoms with Crippen LogP contribution < -0.4 is 9.47 Å². The number of benzene rings is 1. The molecular formula is C17H14N2O5S. The van der Waals surface area contributed by atoms with Gasteiger partial charge in [-0.05, 0) is 25.1 Å². The third-order valence-electron chi connectivity index (χ3n) is 3.87. The van der Waals surface area contributed by atoms with Crippen LogP contribution in [0, 0.1) is 0 Å². The minimum atomic E-state index is -0.402. The van der Waals surface area contributed by atoms with Crippen molar-refractivity contribution in [3.05, 3.63) is 35.0 Å². The number of fused-ring (bicyclic) bond motifs is 2. The molecule has 0 saturated carbocycles. The van der Waals surface area contributed by atoms with Crippen LogP contribution in [-0.4, -0.2) is 35.0 Å². The molecule has 0 saturated heterocycles. The Morgan fingerprint density at radius 2 is 2.24 bits per heavy atom. The molecular weight excluding hydrogens is 344 g/mol. The van der Waals surface area contributed by atoms with E-state index in [4.69, 9.17) is 14.2 Å². The first-order valence-electron chi connectivity index (χ1n) is 7.71. The Kier molecular flexibility index (Phi) is 3.89. The van der Waals surface area contributed by atoms with Gasteiger partial charge < -0.3 is 14.2 Å². The molecule has 1 aromatic carbocycles. The summed E-state index contributed by atoms with van der Waals surface area (Å²) in [5, 5.41) is 1.92. The number of nitrogens with zero attached hydrogens (tertiary/aromatic N) is 2. The SMILES string of the molecule is CCOC(=O)Cc1nc2scc(-c3ccc4c(c3)OCO4)n2c1C=O. The number of carbonyl (C=O) groups is 2. The molecule has 0 bridgehead atoms. The molecule has 4 rings (SSSR count). The van der Waals surface area contributed by atoms with Crippen molar-refractivity contribution >= 4 is 28.6 Å². The van der Waals surface area contributed by atoms with E-state index in [0.717, 1.165) is 17.5 Å². The molecule has 128 valence electrons. The number of carbonyl (C=O) groups excluding carboxylic acids is 2. The lowest BCUT2D eigenvalue weighted by Crippen LogP contribution is -2.09. The zero-order valence-corrected chi connectivity index (χ0v) is 14.2. The topological polar surface area (TPSA) is 79.1 Å². The summed E-state index contributed by atoms with van der Waals surface area (Å²) in [4.78, 5) is 28.5. The summed E-state index contributed by atoms with van der Waals surface area (Å²) in [6, 6.07) is 5.59. The van der Waals surface area contributed by atoms with Crippen LogP contribution in [0.15, 0.2) is 23.6 Å². The van der Waals surface area contributed by atoms with Crippen LogP contribution in [0.1, 0.15) is 23.1 Å². The van der Waals surface area contributed by atoms with Crippen molar-refractivity contribution in [2.45, 2.75) is 13.3 Å². The number of thiazole rings is 1. The molecule has 7 nitrogen and oxygen atoms in total. The van der Waals surface area contributed by atoms with Crippen molar-refractivity contribution in [3.63, 3.8) is 0 Å². The molecule has 1 aliphatic heterocycles. The second-order valence-electron chi connectivity index (χ2n) is 5.35. The monoisotopic (exact) mass is 358 g/mol. The zero-order chi connectivity index (χ0) is 17.4. The lowest BCUT2D eigenvalue weighted by Gasteiger charge is -2.04. The van der Waals surface area contributed by atoms with Crippen molar-refractivity contribution in [1.29, 1.82) is 0 Å². The summed E-state index contributed by atoms with van der Waals surface area (Å²) in [6.45, 7) is 2.23. The standard InChI is InChI=1S/C17H14N2O5S/c1-2-22-16(21)6-11-12(7-20)19-13(8-25-17(19)18-11)10-3-4-14-15(5-10)24-9-23-14/h3-5,7-8H,2,6,9H2,1H3. The second kappa shape index (κ2) is 6.21. The molecule has 3 heterocycles. The van der Waals surface area contributed by atoms with Crippen molar-refractivity contribution in [3.8, 4) is 22.8 Å². The maximum atomic E-state index is 11.7. The van der Waals surface area contributed by atoms with Crippen molar-refractivity contribution in [2.24, 2.45) is 0 Å². The summed E-state index contributed by atoms with van der Waals surface area (Å²) in [5.74, 6) is 0.955. The molecule has 0 fully saturated rings. The van der Waals surface area contributed by atoms with Crippen LogP contribution in [0.5, 0.6) is 11.5 Å². The fourth-order valence-corrected chi connectivity index (χ4v) is 3.70. The molecule has 8 heteroatoms. The average molecular weight is 358 g/mol. The molecule has 25 heavy (non-hydrogen) atoms. The van der Waals surface area contributed by atoms with E-state index in [1.165, 1.54) is 11.3 Å². The number of ether oxygens (including phenoxy) is 3. The first-order valence-corrected chi connectivity index (χ1v) is 8.59. The highest BCUT2D eigenvalue weighted by molar-refractivity contribution is 7.15. The summed E-state index contributed by atoms with van der Waals surface area (Å²) < 4.78 is 17.4. The number of aldehydes is 1. The Labute approximate surface area is 146 Å². The lowest BCUT2D eigenvalue weighted by atomic mass is 10.1. The van der Waals surface area contributed by atoms with Gasteiger partial charge >= 0.3 is 5.97 Å². The number of hydrogen-bond acceptors (Lipinski definition) is 7. The number of hydrogen-bond donors (Lipinski definition) is 0. The fraction of sp³-hybridized carbons (Fsp3) is 0.235. The summed E-state index contributed by atoms with van der Waals surface area (Å²) in [6.07, 6.45) is 0.689. The van der Waals surface area contributed by atoms with Crippen LogP contribution >= 0.6 is 11.3 Å². The van der Waals surface area contributed by atoms with Crippen LogP contribution in [0.2, 0.25) is 0 Å².